The molecule has 0 spiro atoms. The number of nitrogens with zero attached hydrogens (tertiary/aromatic N) is 1. The third-order valence-corrected chi connectivity index (χ3v) is 5.05. The molecule has 0 atom stereocenters. The number of nitrogens with two attached hydrogens (primary N) is 2. The van der Waals surface area contributed by atoms with Crippen molar-refractivity contribution < 1.29 is 4.79 Å². The van der Waals surface area contributed by atoms with E-state index in [1.807, 2.05) is 0 Å². The Morgan fingerprint density at radius 2 is 1.88 bits per heavy atom. The van der Waals surface area contributed by atoms with Crippen molar-refractivity contribution in [1.82, 2.24) is 4.37 Å². The van der Waals surface area contributed by atoms with Crippen molar-refractivity contribution in [1.29, 1.82) is 0 Å². The fourth-order valence-corrected chi connectivity index (χ4v) is 3.08. The van der Waals surface area contributed by atoms with Crippen LogP contribution in [0, 0.1) is 10.8 Å². The Balaban J connectivity index is 2.25. The molecule has 1 fully saturated rings. The van der Waals surface area contributed by atoms with E-state index in [4.69, 9.17) is 11.5 Å². The Morgan fingerprint density at radius 3 is 2.29 bits per heavy atom. The first kappa shape index (κ1) is 12.2. The van der Waals surface area contributed by atoms with Crippen LogP contribution in [0.3, 0.4) is 0 Å². The third kappa shape index (κ3) is 1.58. The SMILES string of the molecule is CC1(C)C(Nc2snc(N)c2C(N)=O)C1(C)C. The summed E-state index contributed by atoms with van der Waals surface area (Å²) in [5, 5.41) is 4.02. The monoisotopic (exact) mass is 254 g/mol. The van der Waals surface area contributed by atoms with E-state index in [9.17, 15) is 4.79 Å². The lowest BCUT2D eigenvalue weighted by Gasteiger charge is -2.06. The Labute approximate surface area is 105 Å². The number of amides is 1. The molecule has 0 bridgehead atoms. The molecule has 1 aliphatic carbocycles. The van der Waals surface area contributed by atoms with Crippen LogP contribution >= 0.6 is 11.5 Å². The van der Waals surface area contributed by atoms with Gasteiger partial charge in [-0.1, -0.05) is 27.7 Å². The van der Waals surface area contributed by atoms with Crippen molar-refractivity contribution in [3.05, 3.63) is 5.56 Å². The number of carbonyl (C=O) groups excluding carboxylic acids is 1. The molecule has 94 valence electrons. The van der Waals surface area contributed by atoms with Crippen LogP contribution in [-0.4, -0.2) is 16.3 Å². The summed E-state index contributed by atoms with van der Waals surface area (Å²) in [4.78, 5) is 11.3. The largest absolute Gasteiger partial charge is 0.382 e. The first-order valence-corrected chi connectivity index (χ1v) is 6.28. The molecule has 5 nitrogen and oxygen atoms in total. The number of nitrogens with one attached hydrogen (secondary N) is 1. The van der Waals surface area contributed by atoms with Gasteiger partial charge in [0.05, 0.1) is 0 Å². The maximum Gasteiger partial charge on any atom is 0.255 e. The highest BCUT2D eigenvalue weighted by Gasteiger charge is 2.65. The molecular weight excluding hydrogens is 236 g/mol. The molecule has 6 heteroatoms. The van der Waals surface area contributed by atoms with Gasteiger partial charge < -0.3 is 16.8 Å². The Kier molecular flexibility index (Phi) is 2.40. The lowest BCUT2D eigenvalue weighted by Crippen LogP contribution is -2.17. The number of rotatable bonds is 3. The number of aromatic nitrogens is 1. The second-order valence-electron chi connectivity index (χ2n) is 5.66. The summed E-state index contributed by atoms with van der Waals surface area (Å²) in [7, 11) is 0. The Hall–Kier alpha value is -1.30. The molecule has 0 radical (unpaired) electrons. The van der Waals surface area contributed by atoms with Gasteiger partial charge in [0.25, 0.3) is 5.91 Å². The van der Waals surface area contributed by atoms with Crippen LogP contribution in [0.15, 0.2) is 0 Å². The summed E-state index contributed by atoms with van der Waals surface area (Å²) < 4.78 is 3.97. The van der Waals surface area contributed by atoms with E-state index in [0.29, 0.717) is 16.6 Å². The van der Waals surface area contributed by atoms with Crippen LogP contribution in [0.25, 0.3) is 0 Å². The van der Waals surface area contributed by atoms with E-state index in [1.165, 1.54) is 11.5 Å². The van der Waals surface area contributed by atoms with Crippen LogP contribution in [0.5, 0.6) is 0 Å². The van der Waals surface area contributed by atoms with Gasteiger partial charge in [-0.15, -0.1) is 0 Å². The molecule has 0 unspecified atom stereocenters. The summed E-state index contributed by atoms with van der Waals surface area (Å²) in [6, 6.07) is 0.299. The molecule has 1 aromatic rings. The average Bonchev–Trinajstić information content (AvgIpc) is 2.51. The van der Waals surface area contributed by atoms with Crippen LogP contribution in [0.4, 0.5) is 10.8 Å². The summed E-state index contributed by atoms with van der Waals surface area (Å²) in [6.07, 6.45) is 0. The van der Waals surface area contributed by atoms with E-state index < -0.39 is 5.91 Å². The molecule has 2 rings (SSSR count). The summed E-state index contributed by atoms with van der Waals surface area (Å²) in [5.41, 5.74) is 11.6. The van der Waals surface area contributed by atoms with Crippen LogP contribution < -0.4 is 16.8 Å². The zero-order chi connectivity index (χ0) is 13.0. The lowest BCUT2D eigenvalue weighted by molar-refractivity contribution is 0.100. The average molecular weight is 254 g/mol. The van der Waals surface area contributed by atoms with Gasteiger partial charge in [0.15, 0.2) is 5.82 Å². The summed E-state index contributed by atoms with van der Waals surface area (Å²) >= 11 is 1.19. The number of anilines is 2. The van der Waals surface area contributed by atoms with Gasteiger partial charge in [0.2, 0.25) is 0 Å². The molecule has 0 aliphatic heterocycles. The summed E-state index contributed by atoms with van der Waals surface area (Å²) in [5.74, 6) is -0.323. The van der Waals surface area contributed by atoms with E-state index in [0.717, 1.165) is 0 Å². The molecule has 1 saturated carbocycles. The maximum absolute atomic E-state index is 11.3. The van der Waals surface area contributed by atoms with Crippen molar-refractivity contribution >= 4 is 28.3 Å². The van der Waals surface area contributed by atoms with Gasteiger partial charge in [-0.25, -0.2) is 0 Å². The third-order valence-electron chi connectivity index (χ3n) is 4.26. The Bertz CT molecular complexity index is 464. The smallest absolute Gasteiger partial charge is 0.255 e. The molecule has 5 N–H and O–H groups in total. The number of hydrogen-bond acceptors (Lipinski definition) is 5. The van der Waals surface area contributed by atoms with Gasteiger partial charge in [0.1, 0.15) is 10.6 Å². The normalized spacial score (nSPS) is 21.2. The quantitative estimate of drug-likeness (QED) is 0.764. The molecule has 1 amide bonds. The van der Waals surface area contributed by atoms with E-state index >= 15 is 0 Å². The first-order chi connectivity index (χ1) is 7.69. The highest BCUT2D eigenvalue weighted by Crippen LogP contribution is 2.64. The lowest BCUT2D eigenvalue weighted by atomic mass is 10.0. The zero-order valence-corrected chi connectivity index (χ0v) is 11.3. The highest BCUT2D eigenvalue weighted by atomic mass is 32.1. The van der Waals surface area contributed by atoms with Crippen LogP contribution in [-0.2, 0) is 0 Å². The minimum Gasteiger partial charge on any atom is -0.382 e. The van der Waals surface area contributed by atoms with E-state index in [2.05, 4.69) is 37.4 Å². The van der Waals surface area contributed by atoms with Gasteiger partial charge in [0, 0.05) is 6.04 Å². The molecule has 0 aromatic carbocycles. The van der Waals surface area contributed by atoms with Crippen LogP contribution in [0.2, 0.25) is 0 Å². The maximum atomic E-state index is 11.3. The van der Waals surface area contributed by atoms with Crippen molar-refractivity contribution in [2.45, 2.75) is 33.7 Å². The van der Waals surface area contributed by atoms with Crippen molar-refractivity contribution in [2.24, 2.45) is 16.6 Å². The first-order valence-electron chi connectivity index (χ1n) is 5.51. The number of nitrogen functional groups attached to an aromatic ring is 1. The minimum atomic E-state index is -0.532. The predicted molar refractivity (Wildman–Crippen MR) is 70.0 cm³/mol. The molecule has 17 heavy (non-hydrogen) atoms. The zero-order valence-electron chi connectivity index (χ0n) is 10.5. The second-order valence-corrected chi connectivity index (χ2v) is 6.43. The number of hydrogen-bond donors (Lipinski definition) is 3. The van der Waals surface area contributed by atoms with Gasteiger partial charge in [-0.3, -0.25) is 4.79 Å². The van der Waals surface area contributed by atoms with Gasteiger partial charge >= 0.3 is 0 Å². The van der Waals surface area contributed by atoms with Crippen molar-refractivity contribution in [2.75, 3.05) is 11.1 Å². The molecule has 1 heterocycles. The second kappa shape index (κ2) is 3.35. The van der Waals surface area contributed by atoms with E-state index in [1.54, 1.807) is 0 Å². The minimum absolute atomic E-state index is 0.181. The van der Waals surface area contributed by atoms with Crippen molar-refractivity contribution in [3.63, 3.8) is 0 Å². The predicted octanol–water partition coefficient (Wildman–Crippen LogP) is 1.67. The number of carbonyl (C=O) groups is 1. The van der Waals surface area contributed by atoms with Crippen molar-refractivity contribution in [3.8, 4) is 0 Å². The van der Waals surface area contributed by atoms with E-state index in [-0.39, 0.29) is 16.6 Å². The molecule has 1 aliphatic rings. The topological polar surface area (TPSA) is 94.0 Å². The fraction of sp³-hybridized carbons (Fsp3) is 0.636. The Morgan fingerprint density at radius 1 is 1.35 bits per heavy atom. The van der Waals surface area contributed by atoms with Gasteiger partial charge in [-0.2, -0.15) is 4.37 Å². The molecule has 1 aromatic heterocycles. The number of primary amides is 1. The standard InChI is InChI=1S/C11H18N4OS/c1-10(2)9(11(10,3)4)14-8-5(7(13)16)6(12)15-17-8/h9,14H,1-4H3,(H2,12,15)(H2,13,16). The fourth-order valence-electron chi connectivity index (χ4n) is 2.33. The highest BCUT2D eigenvalue weighted by molar-refractivity contribution is 7.11. The molecular formula is C11H18N4OS. The van der Waals surface area contributed by atoms with Gasteiger partial charge in [-0.05, 0) is 22.4 Å². The summed E-state index contributed by atoms with van der Waals surface area (Å²) in [6.45, 7) is 8.77. The molecule has 0 saturated heterocycles. The van der Waals surface area contributed by atoms with Crippen LogP contribution in [0.1, 0.15) is 38.1 Å².